The van der Waals surface area contributed by atoms with Crippen molar-refractivity contribution in [3.05, 3.63) is 40.7 Å². The minimum Gasteiger partial charge on any atom is -0.307 e. The molecule has 0 radical (unpaired) electrons. The standard InChI is InChI=1S/C18H20N4O4S/c1-11(23)22-10-14(9-19-22)27(25,26)21-18(24)20-17-15-6-2-4-12(15)8-13-5-3-7-16(13)17/h8-10H,2-7H2,1H3,(H2,20,21,24). The number of nitrogens with one attached hydrogen (secondary N) is 2. The smallest absolute Gasteiger partial charge is 0.307 e. The van der Waals surface area contributed by atoms with Crippen LogP contribution in [0.5, 0.6) is 0 Å². The molecule has 27 heavy (non-hydrogen) atoms. The van der Waals surface area contributed by atoms with Gasteiger partial charge in [-0.1, -0.05) is 6.07 Å². The van der Waals surface area contributed by atoms with Gasteiger partial charge in [-0.15, -0.1) is 0 Å². The Balaban J connectivity index is 1.57. The van der Waals surface area contributed by atoms with Crippen LogP contribution in [0.15, 0.2) is 23.4 Å². The number of anilines is 1. The van der Waals surface area contributed by atoms with Crippen LogP contribution in [0.2, 0.25) is 0 Å². The normalized spacial score (nSPS) is 15.3. The Hall–Kier alpha value is -2.68. The monoisotopic (exact) mass is 388 g/mol. The first-order chi connectivity index (χ1) is 12.8. The Kier molecular flexibility index (Phi) is 4.26. The third kappa shape index (κ3) is 3.23. The topological polar surface area (TPSA) is 110 Å². The Morgan fingerprint density at radius 3 is 2.26 bits per heavy atom. The van der Waals surface area contributed by atoms with Crippen molar-refractivity contribution in [1.82, 2.24) is 14.5 Å². The van der Waals surface area contributed by atoms with Gasteiger partial charge in [-0.25, -0.2) is 22.6 Å². The van der Waals surface area contributed by atoms with Gasteiger partial charge >= 0.3 is 6.03 Å². The molecule has 2 aliphatic rings. The second-order valence-electron chi connectivity index (χ2n) is 6.93. The third-order valence-electron chi connectivity index (χ3n) is 5.13. The van der Waals surface area contributed by atoms with Gasteiger partial charge in [-0.2, -0.15) is 5.10 Å². The van der Waals surface area contributed by atoms with E-state index in [2.05, 4.69) is 16.5 Å². The van der Waals surface area contributed by atoms with Crippen LogP contribution >= 0.6 is 0 Å². The summed E-state index contributed by atoms with van der Waals surface area (Å²) in [4.78, 5) is 23.5. The predicted octanol–water partition coefficient (Wildman–Crippen LogP) is 2.03. The van der Waals surface area contributed by atoms with Gasteiger partial charge < -0.3 is 5.32 Å². The SMILES string of the molecule is CC(=O)n1cc(S(=O)(=O)NC(=O)Nc2c3c(cc4c2CCC4)CCC3)cn1. The van der Waals surface area contributed by atoms with Crippen LogP contribution in [0.4, 0.5) is 10.5 Å². The summed E-state index contributed by atoms with van der Waals surface area (Å²) in [7, 11) is -4.12. The molecule has 1 heterocycles. The van der Waals surface area contributed by atoms with E-state index in [9.17, 15) is 18.0 Å². The van der Waals surface area contributed by atoms with Gasteiger partial charge in [-0.3, -0.25) is 4.79 Å². The van der Waals surface area contributed by atoms with E-state index in [4.69, 9.17) is 0 Å². The van der Waals surface area contributed by atoms with E-state index in [1.807, 2.05) is 4.72 Å². The summed E-state index contributed by atoms with van der Waals surface area (Å²) >= 11 is 0. The van der Waals surface area contributed by atoms with Crippen LogP contribution in [0.25, 0.3) is 0 Å². The molecule has 0 spiro atoms. The van der Waals surface area contributed by atoms with Crippen LogP contribution in [-0.2, 0) is 35.7 Å². The molecule has 0 saturated heterocycles. The minimum absolute atomic E-state index is 0.239. The number of hydrogen-bond donors (Lipinski definition) is 2. The summed E-state index contributed by atoms with van der Waals surface area (Å²) in [6.07, 6.45) is 7.94. The molecule has 1 aromatic carbocycles. The van der Waals surface area contributed by atoms with E-state index in [1.165, 1.54) is 18.1 Å². The van der Waals surface area contributed by atoms with Gasteiger partial charge in [0.25, 0.3) is 10.0 Å². The molecule has 4 rings (SSSR count). The van der Waals surface area contributed by atoms with Crippen molar-refractivity contribution in [2.75, 3.05) is 5.32 Å². The predicted molar refractivity (Wildman–Crippen MR) is 98.4 cm³/mol. The van der Waals surface area contributed by atoms with Crippen molar-refractivity contribution in [2.24, 2.45) is 0 Å². The lowest BCUT2D eigenvalue weighted by Gasteiger charge is -2.16. The molecule has 1 aromatic heterocycles. The highest BCUT2D eigenvalue weighted by atomic mass is 32.2. The zero-order valence-electron chi connectivity index (χ0n) is 14.9. The molecule has 2 aliphatic carbocycles. The molecule has 0 saturated carbocycles. The highest BCUT2D eigenvalue weighted by Gasteiger charge is 2.26. The van der Waals surface area contributed by atoms with Gasteiger partial charge in [0, 0.05) is 12.6 Å². The first kappa shape index (κ1) is 17.7. The van der Waals surface area contributed by atoms with Gasteiger partial charge in [0.2, 0.25) is 5.91 Å². The summed E-state index contributed by atoms with van der Waals surface area (Å²) in [5, 5.41) is 6.46. The average Bonchev–Trinajstić information content (AvgIpc) is 3.34. The van der Waals surface area contributed by atoms with Crippen LogP contribution in [-0.4, -0.2) is 30.1 Å². The second-order valence-corrected chi connectivity index (χ2v) is 8.62. The number of amides is 2. The average molecular weight is 388 g/mol. The molecule has 0 unspecified atom stereocenters. The van der Waals surface area contributed by atoms with E-state index in [0.29, 0.717) is 0 Å². The molecule has 142 valence electrons. The molecular weight excluding hydrogens is 368 g/mol. The summed E-state index contributed by atoms with van der Waals surface area (Å²) in [6.45, 7) is 1.26. The Morgan fingerprint density at radius 1 is 1.07 bits per heavy atom. The van der Waals surface area contributed by atoms with Gasteiger partial charge in [0.15, 0.2) is 0 Å². The fraction of sp³-hybridized carbons (Fsp3) is 0.389. The van der Waals surface area contributed by atoms with Crippen LogP contribution in [0.1, 0.15) is 46.8 Å². The Bertz CT molecular complexity index is 1020. The van der Waals surface area contributed by atoms with Crippen LogP contribution in [0.3, 0.4) is 0 Å². The maximum absolute atomic E-state index is 12.4. The largest absolute Gasteiger partial charge is 0.333 e. The van der Waals surface area contributed by atoms with E-state index >= 15 is 0 Å². The number of aromatic nitrogens is 2. The molecule has 2 aromatic rings. The molecule has 0 bridgehead atoms. The van der Waals surface area contributed by atoms with Crippen molar-refractivity contribution >= 4 is 27.6 Å². The Labute approximate surface area is 157 Å². The quantitative estimate of drug-likeness (QED) is 0.836. The van der Waals surface area contributed by atoms with E-state index in [1.54, 1.807) is 0 Å². The third-order valence-corrected chi connectivity index (χ3v) is 6.42. The second kappa shape index (κ2) is 6.49. The molecule has 8 nitrogen and oxygen atoms in total. The van der Waals surface area contributed by atoms with E-state index < -0.39 is 22.0 Å². The first-order valence-electron chi connectivity index (χ1n) is 8.91. The fourth-order valence-electron chi connectivity index (χ4n) is 3.90. The summed E-state index contributed by atoms with van der Waals surface area (Å²) in [5.41, 5.74) is 5.50. The molecular formula is C18H20N4O4S. The Morgan fingerprint density at radius 2 is 1.70 bits per heavy atom. The zero-order valence-corrected chi connectivity index (χ0v) is 15.7. The lowest BCUT2D eigenvalue weighted by Crippen LogP contribution is -2.34. The fourth-order valence-corrected chi connectivity index (χ4v) is 4.74. The maximum Gasteiger partial charge on any atom is 0.333 e. The molecule has 2 amide bonds. The van der Waals surface area contributed by atoms with Crippen molar-refractivity contribution in [3.63, 3.8) is 0 Å². The number of aryl methyl sites for hydroxylation is 2. The molecule has 2 N–H and O–H groups in total. The molecule has 0 atom stereocenters. The summed E-state index contributed by atoms with van der Waals surface area (Å²) in [5.74, 6) is -0.420. The highest BCUT2D eigenvalue weighted by Crippen LogP contribution is 2.38. The lowest BCUT2D eigenvalue weighted by atomic mass is 9.99. The van der Waals surface area contributed by atoms with Crippen molar-refractivity contribution < 1.29 is 18.0 Å². The number of carbonyl (C=O) groups is 2. The number of rotatable bonds is 3. The summed E-state index contributed by atoms with van der Waals surface area (Å²) < 4.78 is 27.7. The minimum atomic E-state index is -4.12. The van der Waals surface area contributed by atoms with E-state index in [-0.39, 0.29) is 4.90 Å². The lowest BCUT2D eigenvalue weighted by molar-refractivity contribution is 0.0921. The number of nitrogens with zero attached hydrogens (tertiary/aromatic N) is 2. The molecule has 0 aliphatic heterocycles. The van der Waals surface area contributed by atoms with Crippen LogP contribution < -0.4 is 10.0 Å². The van der Waals surface area contributed by atoms with Gasteiger partial charge in [-0.05, 0) is 60.8 Å². The number of urea groups is 1. The number of carbonyl (C=O) groups excluding carboxylic acids is 2. The van der Waals surface area contributed by atoms with Crippen LogP contribution in [0, 0.1) is 0 Å². The first-order valence-corrected chi connectivity index (χ1v) is 10.4. The number of fused-ring (bicyclic) bond motifs is 2. The number of sulfonamides is 1. The van der Waals surface area contributed by atoms with Gasteiger partial charge in [0.05, 0.1) is 12.4 Å². The molecule has 0 fully saturated rings. The maximum atomic E-state index is 12.4. The van der Waals surface area contributed by atoms with Crippen molar-refractivity contribution in [3.8, 4) is 0 Å². The van der Waals surface area contributed by atoms with Crippen molar-refractivity contribution in [1.29, 1.82) is 0 Å². The zero-order chi connectivity index (χ0) is 19.2. The summed E-state index contributed by atoms with van der Waals surface area (Å²) in [6, 6.07) is 1.43. The van der Waals surface area contributed by atoms with Crippen molar-refractivity contribution in [2.45, 2.75) is 50.3 Å². The number of benzene rings is 1. The van der Waals surface area contributed by atoms with Gasteiger partial charge in [0.1, 0.15) is 4.90 Å². The molecule has 9 heteroatoms. The van der Waals surface area contributed by atoms with E-state index in [0.717, 1.165) is 72.4 Å². The highest BCUT2D eigenvalue weighted by molar-refractivity contribution is 7.90. The number of hydrogen-bond acceptors (Lipinski definition) is 5.